The van der Waals surface area contributed by atoms with Crippen LogP contribution in [0.1, 0.15) is 26.2 Å². The van der Waals surface area contributed by atoms with Gasteiger partial charge in [0, 0.05) is 13.0 Å². The Bertz CT molecular complexity index is 368. The molecule has 6 heteroatoms. The van der Waals surface area contributed by atoms with E-state index >= 15 is 0 Å². The molecule has 2 amide bonds. The highest BCUT2D eigenvalue weighted by Gasteiger charge is 2.42. The molecule has 94 valence electrons. The molecule has 6 nitrogen and oxygen atoms in total. The molecule has 2 unspecified atom stereocenters. The number of carbonyl (C=O) groups is 3. The van der Waals surface area contributed by atoms with Crippen molar-refractivity contribution in [3.05, 3.63) is 0 Å². The van der Waals surface area contributed by atoms with Gasteiger partial charge in [-0.05, 0) is 18.8 Å². The number of likely N-dealkylation sites (tertiary alicyclic amines) is 1. The number of carboxylic acid groups (broad SMARTS) is 1. The van der Waals surface area contributed by atoms with E-state index in [2.05, 4.69) is 5.32 Å². The summed E-state index contributed by atoms with van der Waals surface area (Å²) in [4.78, 5) is 35.7. The number of hydrogen-bond acceptors (Lipinski definition) is 3. The first-order valence-corrected chi connectivity index (χ1v) is 5.83. The lowest BCUT2D eigenvalue weighted by molar-refractivity contribution is -0.150. The van der Waals surface area contributed by atoms with E-state index in [-0.39, 0.29) is 17.7 Å². The Labute approximate surface area is 99.0 Å². The Kier molecular flexibility index (Phi) is 3.04. The molecule has 0 aromatic carbocycles. The van der Waals surface area contributed by atoms with Crippen LogP contribution in [0.3, 0.4) is 0 Å². The minimum atomic E-state index is -0.965. The molecule has 2 saturated heterocycles. The minimum Gasteiger partial charge on any atom is -0.480 e. The number of carboxylic acids is 1. The minimum absolute atomic E-state index is 0.0337. The van der Waals surface area contributed by atoms with Crippen LogP contribution in [0, 0.1) is 5.92 Å². The van der Waals surface area contributed by atoms with Gasteiger partial charge in [0.15, 0.2) is 0 Å². The second kappa shape index (κ2) is 4.35. The molecule has 3 atom stereocenters. The van der Waals surface area contributed by atoms with Crippen LogP contribution in [-0.2, 0) is 14.4 Å². The molecule has 17 heavy (non-hydrogen) atoms. The maximum atomic E-state index is 12.1. The third kappa shape index (κ3) is 2.11. The second-order valence-electron chi connectivity index (χ2n) is 4.74. The van der Waals surface area contributed by atoms with E-state index in [0.29, 0.717) is 25.8 Å². The van der Waals surface area contributed by atoms with E-state index in [1.54, 1.807) is 0 Å². The van der Waals surface area contributed by atoms with Crippen LogP contribution >= 0.6 is 0 Å². The van der Waals surface area contributed by atoms with Gasteiger partial charge in [0.1, 0.15) is 12.1 Å². The zero-order valence-electron chi connectivity index (χ0n) is 9.68. The highest BCUT2D eigenvalue weighted by atomic mass is 16.4. The molecule has 2 aliphatic heterocycles. The first kappa shape index (κ1) is 11.9. The number of nitrogens with one attached hydrogen (secondary N) is 1. The fourth-order valence-electron chi connectivity index (χ4n) is 2.57. The van der Waals surface area contributed by atoms with E-state index in [0.717, 1.165) is 0 Å². The number of amides is 2. The Balaban J connectivity index is 2.08. The number of nitrogens with zero attached hydrogens (tertiary/aromatic N) is 1. The largest absolute Gasteiger partial charge is 0.480 e. The SMILES string of the molecule is CC1CCN(C(=O)[C@@H]2CCC(=O)N2)C1C(=O)O. The van der Waals surface area contributed by atoms with Gasteiger partial charge in [-0.15, -0.1) is 0 Å². The molecule has 2 aliphatic rings. The van der Waals surface area contributed by atoms with Gasteiger partial charge in [-0.2, -0.15) is 0 Å². The summed E-state index contributed by atoms with van der Waals surface area (Å²) in [5, 5.41) is 11.7. The van der Waals surface area contributed by atoms with Crippen LogP contribution in [0.4, 0.5) is 0 Å². The van der Waals surface area contributed by atoms with Crippen LogP contribution in [0.25, 0.3) is 0 Å². The predicted octanol–water partition coefficient (Wildman–Crippen LogP) is -0.413. The molecule has 0 aliphatic carbocycles. The molecule has 0 spiro atoms. The molecule has 2 rings (SSSR count). The van der Waals surface area contributed by atoms with Gasteiger partial charge in [0.2, 0.25) is 11.8 Å². The van der Waals surface area contributed by atoms with Gasteiger partial charge in [-0.1, -0.05) is 6.92 Å². The molecular weight excluding hydrogens is 224 g/mol. The third-order valence-corrected chi connectivity index (χ3v) is 3.53. The van der Waals surface area contributed by atoms with Crippen LogP contribution in [0.2, 0.25) is 0 Å². The second-order valence-corrected chi connectivity index (χ2v) is 4.74. The van der Waals surface area contributed by atoms with Crippen molar-refractivity contribution in [1.82, 2.24) is 10.2 Å². The van der Waals surface area contributed by atoms with Crippen LogP contribution in [-0.4, -0.2) is 46.4 Å². The Morgan fingerprint density at radius 3 is 2.65 bits per heavy atom. The topological polar surface area (TPSA) is 86.7 Å². The molecule has 0 aromatic heterocycles. The van der Waals surface area contributed by atoms with Crippen molar-refractivity contribution in [2.45, 2.75) is 38.3 Å². The average molecular weight is 240 g/mol. The average Bonchev–Trinajstić information content (AvgIpc) is 2.83. The zero-order valence-corrected chi connectivity index (χ0v) is 9.68. The van der Waals surface area contributed by atoms with E-state index in [1.807, 2.05) is 6.92 Å². The summed E-state index contributed by atoms with van der Waals surface area (Å²) in [6.07, 6.45) is 1.51. The molecular formula is C11H16N2O4. The highest BCUT2D eigenvalue weighted by Crippen LogP contribution is 2.26. The van der Waals surface area contributed by atoms with Crippen molar-refractivity contribution in [3.8, 4) is 0 Å². The summed E-state index contributed by atoms with van der Waals surface area (Å²) in [5.74, 6) is -1.39. The lowest BCUT2D eigenvalue weighted by atomic mass is 10.0. The highest BCUT2D eigenvalue weighted by molar-refractivity contribution is 5.93. The van der Waals surface area contributed by atoms with Crippen molar-refractivity contribution in [1.29, 1.82) is 0 Å². The normalized spacial score (nSPS) is 32.6. The van der Waals surface area contributed by atoms with Crippen LogP contribution < -0.4 is 5.32 Å². The third-order valence-electron chi connectivity index (χ3n) is 3.53. The van der Waals surface area contributed by atoms with E-state index < -0.39 is 18.1 Å². The van der Waals surface area contributed by atoms with Gasteiger partial charge in [-0.3, -0.25) is 9.59 Å². The summed E-state index contributed by atoms with van der Waals surface area (Å²) in [5.41, 5.74) is 0. The summed E-state index contributed by atoms with van der Waals surface area (Å²) in [6, 6.07) is -1.28. The maximum absolute atomic E-state index is 12.1. The summed E-state index contributed by atoms with van der Waals surface area (Å²) < 4.78 is 0. The lowest BCUT2D eigenvalue weighted by Crippen LogP contribution is -2.50. The monoisotopic (exact) mass is 240 g/mol. The maximum Gasteiger partial charge on any atom is 0.326 e. The standard InChI is InChI=1S/C11H16N2O4/c1-6-4-5-13(9(6)11(16)17)10(15)7-2-3-8(14)12-7/h6-7,9H,2-5H2,1H3,(H,12,14)(H,16,17)/t6?,7-,9?/m0/s1. The Morgan fingerprint density at radius 1 is 1.41 bits per heavy atom. The summed E-state index contributed by atoms with van der Waals surface area (Å²) in [7, 11) is 0. The Morgan fingerprint density at radius 2 is 2.12 bits per heavy atom. The molecule has 2 fully saturated rings. The van der Waals surface area contributed by atoms with Gasteiger partial charge in [0.25, 0.3) is 0 Å². The first-order chi connectivity index (χ1) is 8.00. The van der Waals surface area contributed by atoms with Crippen molar-refractivity contribution < 1.29 is 19.5 Å². The van der Waals surface area contributed by atoms with Gasteiger partial charge >= 0.3 is 5.97 Å². The first-order valence-electron chi connectivity index (χ1n) is 5.83. The smallest absolute Gasteiger partial charge is 0.326 e. The van der Waals surface area contributed by atoms with Gasteiger partial charge < -0.3 is 15.3 Å². The van der Waals surface area contributed by atoms with E-state index in [1.165, 1.54) is 4.90 Å². The van der Waals surface area contributed by atoms with Crippen molar-refractivity contribution in [2.24, 2.45) is 5.92 Å². The fourth-order valence-corrected chi connectivity index (χ4v) is 2.57. The summed E-state index contributed by atoms with van der Waals surface area (Å²) in [6.45, 7) is 2.29. The molecule has 0 saturated carbocycles. The molecule has 2 heterocycles. The zero-order chi connectivity index (χ0) is 12.6. The molecule has 0 bridgehead atoms. The number of rotatable bonds is 2. The van der Waals surface area contributed by atoms with Crippen LogP contribution in [0.5, 0.6) is 0 Å². The predicted molar refractivity (Wildman–Crippen MR) is 58.1 cm³/mol. The quantitative estimate of drug-likeness (QED) is 0.686. The van der Waals surface area contributed by atoms with E-state index in [4.69, 9.17) is 5.11 Å². The van der Waals surface area contributed by atoms with E-state index in [9.17, 15) is 14.4 Å². The molecule has 0 radical (unpaired) electrons. The van der Waals surface area contributed by atoms with Crippen molar-refractivity contribution in [3.63, 3.8) is 0 Å². The number of aliphatic carboxylic acids is 1. The molecule has 0 aromatic rings. The lowest BCUT2D eigenvalue weighted by Gasteiger charge is -2.25. The molecule has 2 N–H and O–H groups in total. The summed E-state index contributed by atoms with van der Waals surface area (Å²) >= 11 is 0. The van der Waals surface area contributed by atoms with Crippen molar-refractivity contribution >= 4 is 17.8 Å². The number of carbonyl (C=O) groups excluding carboxylic acids is 2. The fraction of sp³-hybridized carbons (Fsp3) is 0.727. The number of hydrogen-bond donors (Lipinski definition) is 2. The Hall–Kier alpha value is -1.59. The van der Waals surface area contributed by atoms with Gasteiger partial charge in [0.05, 0.1) is 0 Å². The van der Waals surface area contributed by atoms with Gasteiger partial charge in [-0.25, -0.2) is 4.79 Å². The van der Waals surface area contributed by atoms with Crippen LogP contribution in [0.15, 0.2) is 0 Å². The van der Waals surface area contributed by atoms with Crippen molar-refractivity contribution in [2.75, 3.05) is 6.54 Å².